The van der Waals surface area contributed by atoms with Crippen molar-refractivity contribution in [2.45, 2.75) is 18.5 Å². The normalized spacial score (nSPS) is 10.6. The molecular weight excluding hydrogens is 374 g/mol. The van der Waals surface area contributed by atoms with Crippen molar-refractivity contribution < 1.29 is 14.3 Å². The Morgan fingerprint density at radius 3 is 2.36 bits per heavy atom. The zero-order valence-electron chi connectivity index (χ0n) is 15.8. The summed E-state index contributed by atoms with van der Waals surface area (Å²) in [5.74, 6) is 0.431. The number of thioether (sulfide) groups is 1. The maximum absolute atomic E-state index is 12.5. The van der Waals surface area contributed by atoms with Crippen LogP contribution in [0.5, 0.6) is 0 Å². The topological polar surface area (TPSA) is 74.1 Å². The van der Waals surface area contributed by atoms with Crippen LogP contribution in [0.4, 0.5) is 0 Å². The summed E-state index contributed by atoms with van der Waals surface area (Å²) in [6, 6.07) is 17.6. The van der Waals surface area contributed by atoms with Crippen molar-refractivity contribution in [3.05, 3.63) is 66.0 Å². The van der Waals surface area contributed by atoms with E-state index in [-0.39, 0.29) is 23.9 Å². The average Bonchev–Trinajstić information content (AvgIpc) is 3.06. The van der Waals surface area contributed by atoms with Crippen LogP contribution >= 0.6 is 11.8 Å². The molecule has 0 radical (unpaired) electrons. The second-order valence-corrected chi connectivity index (χ2v) is 7.04. The molecule has 3 aromatic rings. The van der Waals surface area contributed by atoms with Gasteiger partial charge in [-0.1, -0.05) is 66.4 Å². The SMILES string of the molecule is CCOC(=O)Cc1nnc(SCC(=O)c2ccc(-c3ccccc3)cc2)n1C. The van der Waals surface area contributed by atoms with Gasteiger partial charge in [0.25, 0.3) is 0 Å². The number of ether oxygens (including phenoxy) is 1. The highest BCUT2D eigenvalue weighted by atomic mass is 32.2. The predicted octanol–water partition coefficient (Wildman–Crippen LogP) is 3.56. The van der Waals surface area contributed by atoms with Gasteiger partial charge in [-0.2, -0.15) is 0 Å². The minimum absolute atomic E-state index is 0.0135. The third kappa shape index (κ3) is 4.86. The Morgan fingerprint density at radius 2 is 1.68 bits per heavy atom. The number of rotatable bonds is 8. The van der Waals surface area contributed by atoms with E-state index in [0.717, 1.165) is 11.1 Å². The molecule has 0 saturated heterocycles. The lowest BCUT2D eigenvalue weighted by atomic mass is 10.0. The fourth-order valence-corrected chi connectivity index (χ4v) is 3.48. The smallest absolute Gasteiger partial charge is 0.313 e. The summed E-state index contributed by atoms with van der Waals surface area (Å²) >= 11 is 1.30. The molecule has 0 fully saturated rings. The number of Topliss-reactive ketones (excluding diaryl/α,β-unsaturated/α-hetero) is 1. The Morgan fingerprint density at radius 1 is 1.00 bits per heavy atom. The average molecular weight is 395 g/mol. The summed E-state index contributed by atoms with van der Waals surface area (Å²) in [4.78, 5) is 24.1. The van der Waals surface area contributed by atoms with Gasteiger partial charge >= 0.3 is 5.97 Å². The van der Waals surface area contributed by atoms with Gasteiger partial charge in [-0.25, -0.2) is 0 Å². The summed E-state index contributed by atoms with van der Waals surface area (Å²) in [6.45, 7) is 2.09. The summed E-state index contributed by atoms with van der Waals surface area (Å²) in [5, 5.41) is 8.67. The monoisotopic (exact) mass is 395 g/mol. The molecule has 0 amide bonds. The fourth-order valence-electron chi connectivity index (χ4n) is 2.66. The van der Waals surface area contributed by atoms with Crippen molar-refractivity contribution in [1.82, 2.24) is 14.8 Å². The second kappa shape index (κ2) is 9.32. The molecule has 0 unspecified atom stereocenters. The van der Waals surface area contributed by atoms with Crippen LogP contribution in [0, 0.1) is 0 Å². The number of hydrogen-bond acceptors (Lipinski definition) is 6. The number of carbonyl (C=O) groups is 2. The van der Waals surface area contributed by atoms with Crippen molar-refractivity contribution in [3.8, 4) is 11.1 Å². The first-order valence-electron chi connectivity index (χ1n) is 8.94. The number of carbonyl (C=O) groups excluding carboxylic acids is 2. The van der Waals surface area contributed by atoms with Crippen LogP contribution in [-0.2, 0) is 23.0 Å². The third-order valence-corrected chi connectivity index (χ3v) is 5.20. The molecule has 0 atom stereocenters. The molecule has 3 rings (SSSR count). The number of nitrogens with zero attached hydrogens (tertiary/aromatic N) is 3. The van der Waals surface area contributed by atoms with Gasteiger partial charge < -0.3 is 9.30 Å². The number of esters is 1. The highest BCUT2D eigenvalue weighted by Gasteiger charge is 2.15. The van der Waals surface area contributed by atoms with Crippen LogP contribution in [0.2, 0.25) is 0 Å². The molecule has 0 bridgehead atoms. The van der Waals surface area contributed by atoms with E-state index in [1.165, 1.54) is 11.8 Å². The van der Waals surface area contributed by atoms with Crippen molar-refractivity contribution in [1.29, 1.82) is 0 Å². The van der Waals surface area contributed by atoms with Crippen LogP contribution in [-0.4, -0.2) is 38.9 Å². The van der Waals surface area contributed by atoms with Crippen LogP contribution in [0.1, 0.15) is 23.1 Å². The summed E-state index contributed by atoms with van der Waals surface area (Å²) < 4.78 is 6.64. The Hall–Kier alpha value is -2.93. The molecule has 0 N–H and O–H groups in total. The Kier molecular flexibility index (Phi) is 6.60. The minimum Gasteiger partial charge on any atom is -0.466 e. The highest BCUT2D eigenvalue weighted by Crippen LogP contribution is 2.21. The molecule has 0 spiro atoms. The Balaban J connectivity index is 1.60. The standard InChI is InChI=1S/C21H21N3O3S/c1-3-27-20(26)13-19-22-23-21(24(19)2)28-14-18(25)17-11-9-16(10-12-17)15-7-5-4-6-8-15/h4-12H,3,13-14H2,1-2H3. The number of benzene rings is 2. The minimum atomic E-state index is -0.343. The predicted molar refractivity (Wildman–Crippen MR) is 108 cm³/mol. The van der Waals surface area contributed by atoms with Gasteiger partial charge in [0.15, 0.2) is 10.9 Å². The van der Waals surface area contributed by atoms with Crippen LogP contribution < -0.4 is 0 Å². The lowest BCUT2D eigenvalue weighted by Crippen LogP contribution is -2.11. The summed E-state index contributed by atoms with van der Waals surface area (Å²) in [7, 11) is 1.77. The third-order valence-electron chi connectivity index (χ3n) is 4.18. The maximum atomic E-state index is 12.5. The molecular formula is C21H21N3O3S. The number of aromatic nitrogens is 3. The van der Waals surface area contributed by atoms with Crippen molar-refractivity contribution >= 4 is 23.5 Å². The molecule has 0 aliphatic carbocycles. The van der Waals surface area contributed by atoms with E-state index in [1.807, 2.05) is 54.6 Å². The molecule has 0 aliphatic heterocycles. The van der Waals surface area contributed by atoms with E-state index in [9.17, 15) is 9.59 Å². The van der Waals surface area contributed by atoms with E-state index < -0.39 is 0 Å². The molecule has 0 aliphatic rings. The molecule has 6 nitrogen and oxygen atoms in total. The molecule has 0 saturated carbocycles. The van der Waals surface area contributed by atoms with Gasteiger partial charge in [-0.3, -0.25) is 9.59 Å². The first-order chi connectivity index (χ1) is 13.6. The lowest BCUT2D eigenvalue weighted by Gasteiger charge is -2.05. The van der Waals surface area contributed by atoms with Crippen LogP contribution in [0.3, 0.4) is 0 Å². The van der Waals surface area contributed by atoms with Gasteiger partial charge in [0.2, 0.25) is 0 Å². The van der Waals surface area contributed by atoms with E-state index in [4.69, 9.17) is 4.74 Å². The second-order valence-electron chi connectivity index (χ2n) is 6.09. The van der Waals surface area contributed by atoms with Crippen molar-refractivity contribution in [3.63, 3.8) is 0 Å². The first-order valence-corrected chi connectivity index (χ1v) is 9.92. The Labute approximate surface area is 167 Å². The molecule has 2 aromatic carbocycles. The molecule has 28 heavy (non-hydrogen) atoms. The van der Waals surface area contributed by atoms with E-state index >= 15 is 0 Å². The first kappa shape index (κ1) is 19.8. The van der Waals surface area contributed by atoms with Crippen LogP contribution in [0.15, 0.2) is 59.8 Å². The lowest BCUT2D eigenvalue weighted by molar-refractivity contribution is -0.142. The fraction of sp³-hybridized carbons (Fsp3) is 0.238. The number of hydrogen-bond donors (Lipinski definition) is 0. The van der Waals surface area contributed by atoms with Crippen molar-refractivity contribution in [2.75, 3.05) is 12.4 Å². The highest BCUT2D eigenvalue weighted by molar-refractivity contribution is 7.99. The quantitative estimate of drug-likeness (QED) is 0.330. The van der Waals surface area contributed by atoms with Crippen LogP contribution in [0.25, 0.3) is 11.1 Å². The maximum Gasteiger partial charge on any atom is 0.313 e. The van der Waals surface area contributed by atoms with E-state index in [2.05, 4.69) is 10.2 Å². The Bertz CT molecular complexity index is 953. The summed E-state index contributed by atoms with van der Waals surface area (Å²) in [5.41, 5.74) is 2.84. The zero-order chi connectivity index (χ0) is 19.9. The van der Waals surface area contributed by atoms with E-state index in [0.29, 0.717) is 23.2 Å². The number of ketones is 1. The van der Waals surface area contributed by atoms with Gasteiger partial charge in [-0.15, -0.1) is 10.2 Å². The molecule has 7 heteroatoms. The largest absolute Gasteiger partial charge is 0.466 e. The van der Waals surface area contributed by atoms with Gasteiger partial charge in [0, 0.05) is 12.6 Å². The zero-order valence-corrected chi connectivity index (χ0v) is 16.6. The summed E-state index contributed by atoms with van der Waals surface area (Å²) in [6.07, 6.45) is 0.0623. The van der Waals surface area contributed by atoms with Gasteiger partial charge in [-0.05, 0) is 18.1 Å². The van der Waals surface area contributed by atoms with Crippen molar-refractivity contribution in [2.24, 2.45) is 7.05 Å². The van der Waals surface area contributed by atoms with Gasteiger partial charge in [0.1, 0.15) is 12.2 Å². The molecule has 1 aromatic heterocycles. The van der Waals surface area contributed by atoms with Gasteiger partial charge in [0.05, 0.1) is 12.4 Å². The molecule has 1 heterocycles. The van der Waals surface area contributed by atoms with E-state index in [1.54, 1.807) is 18.5 Å². The molecule has 144 valence electrons.